The van der Waals surface area contributed by atoms with Crippen LogP contribution >= 0.6 is 0 Å². The minimum Gasteiger partial charge on any atom is -0.355 e. The van der Waals surface area contributed by atoms with Crippen LogP contribution in [0.3, 0.4) is 0 Å². The second kappa shape index (κ2) is 6.12. The molecule has 0 bridgehead atoms. The molecular weight excluding hydrogens is 346 g/mol. The summed E-state index contributed by atoms with van der Waals surface area (Å²) in [4.78, 5) is 28.6. The number of hydrogen-bond acceptors (Lipinski definition) is 6. The van der Waals surface area contributed by atoms with Gasteiger partial charge in [0, 0.05) is 30.3 Å². The molecule has 3 atom stereocenters. The van der Waals surface area contributed by atoms with Gasteiger partial charge in [0.05, 0.1) is 5.92 Å². The van der Waals surface area contributed by atoms with Gasteiger partial charge in [-0.25, -0.2) is 0 Å². The quantitative estimate of drug-likeness (QED) is 0.710. The smallest absolute Gasteiger partial charge is 0.250 e. The Bertz CT molecular complexity index is 884. The first-order valence-electron chi connectivity index (χ1n) is 9.39. The lowest BCUT2D eigenvalue weighted by Crippen LogP contribution is -2.54. The van der Waals surface area contributed by atoms with Crippen molar-refractivity contribution in [2.24, 2.45) is 5.92 Å². The van der Waals surface area contributed by atoms with Crippen LogP contribution in [0.4, 0.5) is 5.69 Å². The molecule has 9 nitrogen and oxygen atoms in total. The molecule has 27 heavy (non-hydrogen) atoms. The lowest BCUT2D eigenvalue weighted by Gasteiger charge is -2.36. The number of fused-ring (bicyclic) bond motifs is 4. The zero-order chi connectivity index (χ0) is 18.4. The van der Waals surface area contributed by atoms with E-state index in [0.29, 0.717) is 25.2 Å². The molecule has 9 heteroatoms. The van der Waals surface area contributed by atoms with E-state index in [2.05, 4.69) is 36.2 Å². The molecule has 2 amide bonds. The van der Waals surface area contributed by atoms with Crippen molar-refractivity contribution >= 4 is 17.5 Å². The van der Waals surface area contributed by atoms with E-state index in [1.54, 1.807) is 0 Å². The van der Waals surface area contributed by atoms with Gasteiger partial charge in [0.1, 0.15) is 5.54 Å². The predicted molar refractivity (Wildman–Crippen MR) is 95.5 cm³/mol. The Morgan fingerprint density at radius 2 is 2.26 bits per heavy atom. The van der Waals surface area contributed by atoms with Gasteiger partial charge in [-0.3, -0.25) is 14.5 Å². The van der Waals surface area contributed by atoms with Crippen LogP contribution in [0.5, 0.6) is 0 Å². The highest BCUT2D eigenvalue weighted by molar-refractivity contribution is 6.09. The summed E-state index contributed by atoms with van der Waals surface area (Å²) in [7, 11) is 0. The number of amides is 2. The second-order valence-corrected chi connectivity index (χ2v) is 7.41. The molecule has 3 aliphatic heterocycles. The van der Waals surface area contributed by atoms with Gasteiger partial charge in [-0.2, -0.15) is 5.21 Å². The summed E-state index contributed by atoms with van der Waals surface area (Å²) < 4.78 is 0. The Morgan fingerprint density at radius 3 is 3.11 bits per heavy atom. The lowest BCUT2D eigenvalue weighted by atomic mass is 9.78. The van der Waals surface area contributed by atoms with E-state index < -0.39 is 11.5 Å². The first-order valence-corrected chi connectivity index (χ1v) is 9.39. The Morgan fingerprint density at radius 1 is 1.37 bits per heavy atom. The number of hydrogen-bond donors (Lipinski definition) is 3. The van der Waals surface area contributed by atoms with Crippen molar-refractivity contribution in [2.75, 3.05) is 18.4 Å². The largest absolute Gasteiger partial charge is 0.355 e. The van der Waals surface area contributed by atoms with E-state index in [9.17, 15) is 9.59 Å². The van der Waals surface area contributed by atoms with Gasteiger partial charge in [-0.1, -0.05) is 23.4 Å². The van der Waals surface area contributed by atoms with Crippen molar-refractivity contribution in [2.45, 2.75) is 37.3 Å². The molecule has 2 fully saturated rings. The summed E-state index contributed by atoms with van der Waals surface area (Å²) >= 11 is 0. The standard InChI is InChI=1S/C18H21N7O2/c26-16(19-8-7-15-21-23-24-22-15)13-10-11-4-3-9-25(11)18(13)12-5-1-2-6-14(12)20-17(18)27/h1-2,5-6,11,13H,3-4,7-10H2,(H,19,26)(H,20,27)(H,21,22,23,24)/t11-,13-,18+/m1/s1. The highest BCUT2D eigenvalue weighted by atomic mass is 16.2. The molecule has 2 aromatic rings. The fourth-order valence-electron chi connectivity index (χ4n) is 5.09. The summed E-state index contributed by atoms with van der Waals surface area (Å²) in [5.41, 5.74) is 0.853. The molecule has 0 unspecified atom stereocenters. The molecule has 1 aromatic heterocycles. The number of carbonyl (C=O) groups excluding carboxylic acids is 2. The number of nitrogens with one attached hydrogen (secondary N) is 3. The van der Waals surface area contributed by atoms with Crippen LogP contribution in [0.2, 0.25) is 0 Å². The minimum absolute atomic E-state index is 0.0774. The number of carbonyl (C=O) groups is 2. The number of rotatable bonds is 4. The number of aromatic amines is 1. The Kier molecular flexibility index (Phi) is 3.71. The molecule has 5 rings (SSSR count). The molecule has 140 valence electrons. The SMILES string of the molecule is O=C(NCCc1nn[nH]n1)[C@H]1C[C@H]2CCCN2[C@]12C(=O)Nc1ccccc12. The van der Waals surface area contributed by atoms with Crippen molar-refractivity contribution in [1.82, 2.24) is 30.8 Å². The Labute approximate surface area is 155 Å². The van der Waals surface area contributed by atoms with E-state index in [0.717, 1.165) is 30.6 Å². The maximum Gasteiger partial charge on any atom is 0.250 e. The number of nitrogens with zero attached hydrogens (tertiary/aromatic N) is 4. The van der Waals surface area contributed by atoms with Gasteiger partial charge in [-0.05, 0) is 31.9 Å². The van der Waals surface area contributed by atoms with E-state index in [-0.39, 0.29) is 17.9 Å². The van der Waals surface area contributed by atoms with Crippen LogP contribution in [0.25, 0.3) is 0 Å². The lowest BCUT2D eigenvalue weighted by molar-refractivity contribution is -0.137. The number of aromatic nitrogens is 4. The molecule has 1 spiro atoms. The molecule has 0 saturated carbocycles. The summed E-state index contributed by atoms with van der Waals surface area (Å²) in [6.45, 7) is 1.26. The summed E-state index contributed by atoms with van der Waals surface area (Å²) in [6, 6.07) is 8.02. The van der Waals surface area contributed by atoms with Crippen LogP contribution in [0.1, 0.15) is 30.7 Å². The van der Waals surface area contributed by atoms with Gasteiger partial charge < -0.3 is 10.6 Å². The third kappa shape index (κ3) is 2.31. The van der Waals surface area contributed by atoms with E-state index in [4.69, 9.17) is 0 Å². The first kappa shape index (κ1) is 16.4. The van der Waals surface area contributed by atoms with Crippen molar-refractivity contribution < 1.29 is 9.59 Å². The van der Waals surface area contributed by atoms with Crippen LogP contribution in [0, 0.1) is 5.92 Å². The van der Waals surface area contributed by atoms with Gasteiger partial charge >= 0.3 is 0 Å². The average molecular weight is 367 g/mol. The predicted octanol–water partition coefficient (Wildman–Crippen LogP) is 0.190. The summed E-state index contributed by atoms with van der Waals surface area (Å²) in [5.74, 6) is -0.0103. The average Bonchev–Trinajstić information content (AvgIpc) is 3.42. The number of H-pyrrole nitrogens is 1. The van der Waals surface area contributed by atoms with Crippen molar-refractivity contribution in [3.8, 4) is 0 Å². The number of anilines is 1. The monoisotopic (exact) mass is 367 g/mol. The van der Waals surface area contributed by atoms with E-state index >= 15 is 0 Å². The Balaban J connectivity index is 1.44. The normalized spacial score (nSPS) is 29.0. The maximum absolute atomic E-state index is 13.2. The van der Waals surface area contributed by atoms with Crippen molar-refractivity contribution in [3.05, 3.63) is 35.7 Å². The van der Waals surface area contributed by atoms with Gasteiger partial charge in [0.25, 0.3) is 0 Å². The van der Waals surface area contributed by atoms with Crippen molar-refractivity contribution in [1.29, 1.82) is 0 Å². The first-order chi connectivity index (χ1) is 13.2. The van der Waals surface area contributed by atoms with Gasteiger partial charge in [0.15, 0.2) is 5.82 Å². The minimum atomic E-state index is -0.895. The third-order valence-corrected chi connectivity index (χ3v) is 6.13. The molecule has 4 heterocycles. The van der Waals surface area contributed by atoms with Crippen LogP contribution in [-0.2, 0) is 21.5 Å². The van der Waals surface area contributed by atoms with Gasteiger partial charge in [0.2, 0.25) is 11.8 Å². The summed E-state index contributed by atoms with van der Waals surface area (Å²) in [5, 5.41) is 19.7. The molecular formula is C18H21N7O2. The van der Waals surface area contributed by atoms with E-state index in [1.807, 2.05) is 24.3 Å². The zero-order valence-electron chi connectivity index (χ0n) is 14.8. The number of benzene rings is 1. The topological polar surface area (TPSA) is 116 Å². The number of tetrazole rings is 1. The third-order valence-electron chi connectivity index (χ3n) is 6.13. The van der Waals surface area contributed by atoms with Crippen molar-refractivity contribution in [3.63, 3.8) is 0 Å². The Hall–Kier alpha value is -2.81. The van der Waals surface area contributed by atoms with Crippen LogP contribution in [-0.4, -0.2) is 56.5 Å². The second-order valence-electron chi connectivity index (χ2n) is 7.41. The molecule has 1 aromatic carbocycles. The molecule has 3 N–H and O–H groups in total. The van der Waals surface area contributed by atoms with Crippen LogP contribution in [0.15, 0.2) is 24.3 Å². The highest BCUT2D eigenvalue weighted by Gasteiger charge is 2.65. The fraction of sp³-hybridized carbons (Fsp3) is 0.500. The molecule has 2 saturated heterocycles. The zero-order valence-corrected chi connectivity index (χ0v) is 14.8. The molecule has 0 aliphatic carbocycles. The molecule has 3 aliphatic rings. The maximum atomic E-state index is 13.2. The van der Waals surface area contributed by atoms with Crippen LogP contribution < -0.4 is 10.6 Å². The van der Waals surface area contributed by atoms with E-state index in [1.165, 1.54) is 0 Å². The highest BCUT2D eigenvalue weighted by Crippen LogP contribution is 2.55. The summed E-state index contributed by atoms with van der Waals surface area (Å²) in [6.07, 6.45) is 3.30. The fourth-order valence-corrected chi connectivity index (χ4v) is 5.09. The molecule has 0 radical (unpaired) electrons. The number of para-hydroxylation sites is 1. The van der Waals surface area contributed by atoms with Gasteiger partial charge in [-0.15, -0.1) is 10.2 Å².